The van der Waals surface area contributed by atoms with Crippen molar-refractivity contribution < 1.29 is 27.1 Å². The minimum Gasteiger partial charge on any atom is -0.454 e. The molecule has 2 aromatic rings. The van der Waals surface area contributed by atoms with Gasteiger partial charge in [0.2, 0.25) is 10.0 Å². The zero-order chi connectivity index (χ0) is 19.4. The third-order valence-corrected chi connectivity index (χ3v) is 6.22. The molecule has 0 spiro atoms. The zero-order valence-electron chi connectivity index (χ0n) is 14.8. The van der Waals surface area contributed by atoms with Crippen LogP contribution in [0, 0.1) is 5.82 Å². The first kappa shape index (κ1) is 19.5. The lowest BCUT2D eigenvalue weighted by Gasteiger charge is -2.26. The van der Waals surface area contributed by atoms with Crippen LogP contribution in [0.3, 0.4) is 0 Å². The molecule has 1 aliphatic heterocycles. The Bertz CT molecular complexity index is 911. The van der Waals surface area contributed by atoms with E-state index in [-0.39, 0.29) is 31.9 Å². The third kappa shape index (κ3) is 4.35. The van der Waals surface area contributed by atoms with E-state index in [0.717, 1.165) is 22.0 Å². The fourth-order valence-electron chi connectivity index (χ4n) is 2.77. The Labute approximate surface area is 157 Å². The number of rotatable bonds is 5. The fourth-order valence-corrected chi connectivity index (χ4v) is 4.27. The second-order valence-corrected chi connectivity index (χ2v) is 8.03. The summed E-state index contributed by atoms with van der Waals surface area (Å²) < 4.78 is 51.3. The predicted molar refractivity (Wildman–Crippen MR) is 96.3 cm³/mol. The molecule has 144 valence electrons. The first-order valence-corrected chi connectivity index (χ1v) is 9.97. The van der Waals surface area contributed by atoms with Gasteiger partial charge in [0.25, 0.3) is 0 Å². The average molecular weight is 393 g/mol. The molecule has 1 aliphatic rings. The lowest BCUT2D eigenvalue weighted by Crippen LogP contribution is -2.41. The van der Waals surface area contributed by atoms with Crippen LogP contribution in [0.15, 0.2) is 53.4 Å². The Morgan fingerprint density at radius 1 is 1.15 bits per heavy atom. The summed E-state index contributed by atoms with van der Waals surface area (Å²) in [4.78, 5) is 11.9. The molecule has 0 saturated carbocycles. The molecule has 6 nitrogen and oxygen atoms in total. The van der Waals surface area contributed by atoms with E-state index < -0.39 is 32.8 Å². The van der Waals surface area contributed by atoms with Gasteiger partial charge in [-0.05, 0) is 30.7 Å². The quantitative estimate of drug-likeness (QED) is 0.731. The number of benzene rings is 2. The minimum atomic E-state index is -4.06. The molecule has 1 saturated heterocycles. The highest BCUT2D eigenvalue weighted by Crippen LogP contribution is 2.24. The number of hydrogen-bond donors (Lipinski definition) is 0. The summed E-state index contributed by atoms with van der Waals surface area (Å²) in [5.41, 5.74) is 0.778. The zero-order valence-corrected chi connectivity index (χ0v) is 15.6. The van der Waals surface area contributed by atoms with Crippen molar-refractivity contribution in [3.05, 3.63) is 65.5 Å². The van der Waals surface area contributed by atoms with Crippen molar-refractivity contribution >= 4 is 16.0 Å². The first-order chi connectivity index (χ1) is 12.9. The number of nitrogens with zero attached hydrogens (tertiary/aromatic N) is 1. The maximum absolute atomic E-state index is 14.2. The van der Waals surface area contributed by atoms with Gasteiger partial charge in [0, 0.05) is 13.1 Å². The summed E-state index contributed by atoms with van der Waals surface area (Å²) in [6.45, 7) is 2.49. The van der Waals surface area contributed by atoms with Crippen LogP contribution in [-0.4, -0.2) is 45.0 Å². The SMILES string of the molecule is CC(OC(=O)c1ccc(F)c(S(=O)(=O)N2CCOCC2)c1)c1ccccc1. The number of morpholine rings is 1. The van der Waals surface area contributed by atoms with Crippen LogP contribution in [0.25, 0.3) is 0 Å². The molecule has 2 aromatic carbocycles. The van der Waals surface area contributed by atoms with Gasteiger partial charge >= 0.3 is 5.97 Å². The average Bonchev–Trinajstić information content (AvgIpc) is 2.69. The third-order valence-electron chi connectivity index (χ3n) is 4.31. The Morgan fingerprint density at radius 2 is 1.81 bits per heavy atom. The van der Waals surface area contributed by atoms with Crippen LogP contribution in [0.1, 0.15) is 28.9 Å². The molecule has 1 atom stereocenters. The normalized spacial score (nSPS) is 16.7. The smallest absolute Gasteiger partial charge is 0.338 e. The molecule has 0 bridgehead atoms. The van der Waals surface area contributed by atoms with Crippen molar-refractivity contribution in [2.75, 3.05) is 26.3 Å². The number of halogens is 1. The van der Waals surface area contributed by atoms with Gasteiger partial charge in [-0.15, -0.1) is 0 Å². The Hall–Kier alpha value is -2.29. The summed E-state index contributed by atoms with van der Waals surface area (Å²) >= 11 is 0. The standard InChI is InChI=1S/C19H20FNO5S/c1-14(15-5-3-2-4-6-15)26-19(22)16-7-8-17(20)18(13-16)27(23,24)21-9-11-25-12-10-21/h2-8,13-14H,9-12H2,1H3. The summed E-state index contributed by atoms with van der Waals surface area (Å²) in [5, 5.41) is 0. The number of carbonyl (C=O) groups is 1. The molecule has 1 fully saturated rings. The van der Waals surface area contributed by atoms with Crippen molar-refractivity contribution in [3.8, 4) is 0 Å². The minimum absolute atomic E-state index is 0.0222. The van der Waals surface area contributed by atoms with Gasteiger partial charge in [-0.1, -0.05) is 30.3 Å². The van der Waals surface area contributed by atoms with Crippen molar-refractivity contribution in [3.63, 3.8) is 0 Å². The Morgan fingerprint density at radius 3 is 2.48 bits per heavy atom. The van der Waals surface area contributed by atoms with E-state index in [4.69, 9.17) is 9.47 Å². The topological polar surface area (TPSA) is 72.9 Å². The highest BCUT2D eigenvalue weighted by Gasteiger charge is 2.30. The lowest BCUT2D eigenvalue weighted by molar-refractivity contribution is 0.0337. The maximum Gasteiger partial charge on any atom is 0.338 e. The number of ether oxygens (including phenoxy) is 2. The van der Waals surface area contributed by atoms with E-state index in [9.17, 15) is 17.6 Å². The van der Waals surface area contributed by atoms with Crippen molar-refractivity contribution in [2.45, 2.75) is 17.9 Å². The van der Waals surface area contributed by atoms with Gasteiger partial charge in [0.15, 0.2) is 0 Å². The Balaban J connectivity index is 1.83. The van der Waals surface area contributed by atoms with Crippen LogP contribution in [0.5, 0.6) is 0 Å². The lowest BCUT2D eigenvalue weighted by atomic mass is 10.1. The molecule has 0 N–H and O–H groups in total. The van der Waals surface area contributed by atoms with Crippen LogP contribution >= 0.6 is 0 Å². The molecule has 1 unspecified atom stereocenters. The molecule has 0 aromatic heterocycles. The number of sulfonamides is 1. The van der Waals surface area contributed by atoms with Gasteiger partial charge in [0.05, 0.1) is 18.8 Å². The maximum atomic E-state index is 14.2. The van der Waals surface area contributed by atoms with Gasteiger partial charge in [-0.3, -0.25) is 0 Å². The van der Waals surface area contributed by atoms with Crippen LogP contribution < -0.4 is 0 Å². The van der Waals surface area contributed by atoms with E-state index in [2.05, 4.69) is 0 Å². The second kappa shape index (κ2) is 8.16. The largest absolute Gasteiger partial charge is 0.454 e. The highest BCUT2D eigenvalue weighted by atomic mass is 32.2. The number of hydrogen-bond acceptors (Lipinski definition) is 5. The highest BCUT2D eigenvalue weighted by molar-refractivity contribution is 7.89. The van der Waals surface area contributed by atoms with Crippen LogP contribution in [0.2, 0.25) is 0 Å². The van der Waals surface area contributed by atoms with Gasteiger partial charge < -0.3 is 9.47 Å². The first-order valence-electron chi connectivity index (χ1n) is 8.53. The van der Waals surface area contributed by atoms with Crippen molar-refractivity contribution in [2.24, 2.45) is 0 Å². The summed E-state index contributed by atoms with van der Waals surface area (Å²) in [6, 6.07) is 12.3. The Kier molecular flexibility index (Phi) is 5.88. The van der Waals surface area contributed by atoms with Crippen LogP contribution in [0.4, 0.5) is 4.39 Å². The van der Waals surface area contributed by atoms with E-state index >= 15 is 0 Å². The van der Waals surface area contributed by atoms with Gasteiger partial charge in [0.1, 0.15) is 16.8 Å². The molecule has 27 heavy (non-hydrogen) atoms. The molecule has 0 aliphatic carbocycles. The monoisotopic (exact) mass is 393 g/mol. The number of esters is 1. The molecular weight excluding hydrogens is 373 g/mol. The van der Waals surface area contributed by atoms with E-state index in [1.165, 1.54) is 6.07 Å². The van der Waals surface area contributed by atoms with Gasteiger partial charge in [-0.2, -0.15) is 4.31 Å². The van der Waals surface area contributed by atoms with E-state index in [1.807, 2.05) is 30.3 Å². The summed E-state index contributed by atoms with van der Waals surface area (Å²) in [7, 11) is -4.06. The van der Waals surface area contributed by atoms with Crippen molar-refractivity contribution in [1.82, 2.24) is 4.31 Å². The molecule has 0 radical (unpaired) electrons. The van der Waals surface area contributed by atoms with E-state index in [1.54, 1.807) is 6.92 Å². The second-order valence-electron chi connectivity index (χ2n) is 6.12. The summed E-state index contributed by atoms with van der Waals surface area (Å²) in [5.74, 6) is -1.63. The fraction of sp³-hybridized carbons (Fsp3) is 0.316. The predicted octanol–water partition coefficient (Wildman–Crippen LogP) is 2.76. The van der Waals surface area contributed by atoms with Gasteiger partial charge in [-0.25, -0.2) is 17.6 Å². The molecule has 8 heteroatoms. The molecule has 1 heterocycles. The van der Waals surface area contributed by atoms with E-state index in [0.29, 0.717) is 0 Å². The molecular formula is C19H20FNO5S. The van der Waals surface area contributed by atoms with Crippen molar-refractivity contribution in [1.29, 1.82) is 0 Å². The molecule has 3 rings (SSSR count). The molecule has 0 amide bonds. The van der Waals surface area contributed by atoms with Crippen LogP contribution in [-0.2, 0) is 19.5 Å². The number of carbonyl (C=O) groups excluding carboxylic acids is 1. The summed E-state index contributed by atoms with van der Waals surface area (Å²) in [6.07, 6.45) is -0.525.